The van der Waals surface area contributed by atoms with E-state index in [1.165, 1.54) is 0 Å². The summed E-state index contributed by atoms with van der Waals surface area (Å²) >= 11 is 1.71. The zero-order valence-corrected chi connectivity index (χ0v) is 13.0. The van der Waals surface area contributed by atoms with Gasteiger partial charge in [0.1, 0.15) is 6.04 Å². The van der Waals surface area contributed by atoms with E-state index in [4.69, 9.17) is 0 Å². The quantitative estimate of drug-likeness (QED) is 0.809. The average Bonchev–Trinajstić information content (AvgIpc) is 2.12. The van der Waals surface area contributed by atoms with E-state index in [1.54, 1.807) is 11.8 Å². The molecule has 0 aromatic rings. The van der Waals surface area contributed by atoms with Crippen LogP contribution in [0.3, 0.4) is 0 Å². The number of rotatable bonds is 2. The van der Waals surface area contributed by atoms with Gasteiger partial charge in [-0.1, -0.05) is 18.7 Å². The van der Waals surface area contributed by atoms with Crippen LogP contribution in [-0.4, -0.2) is 33.9 Å². The molecule has 0 aromatic heterocycles. The van der Waals surface area contributed by atoms with Crippen LogP contribution >= 0.6 is 11.8 Å². The summed E-state index contributed by atoms with van der Waals surface area (Å²) in [6.07, 6.45) is 1.10. The first-order valence-corrected chi connectivity index (χ1v) is 7.38. The summed E-state index contributed by atoms with van der Waals surface area (Å²) in [5.74, 6) is 0.0108. The van der Waals surface area contributed by atoms with Crippen molar-refractivity contribution in [1.82, 2.24) is 10.6 Å². The van der Waals surface area contributed by atoms with Gasteiger partial charge in [0.05, 0.1) is 6.04 Å². The van der Waals surface area contributed by atoms with Gasteiger partial charge in [-0.2, -0.15) is 0 Å². The average molecular weight is 271 g/mol. The normalized spacial score (nSPS) is 26.2. The van der Waals surface area contributed by atoms with Crippen molar-refractivity contribution in [2.45, 2.75) is 70.8 Å². The van der Waals surface area contributed by atoms with Gasteiger partial charge in [0.2, 0.25) is 5.91 Å². The zero-order chi connectivity index (χ0) is 13.9. The van der Waals surface area contributed by atoms with Crippen LogP contribution in [0.15, 0.2) is 4.99 Å². The number of amidine groups is 1. The highest BCUT2D eigenvalue weighted by Crippen LogP contribution is 2.24. The standard InChI is InChI=1S/C13H25N3OS/c1-8-7-9(2)18-12(14-8)15-10(3)11(17)16-13(4,5)6/h8-10H,7H2,1-6H3,(H,14,15)(H,16,17). The summed E-state index contributed by atoms with van der Waals surface area (Å²) in [7, 11) is 0. The van der Waals surface area contributed by atoms with E-state index in [2.05, 4.69) is 29.5 Å². The largest absolute Gasteiger partial charge is 0.353 e. The Kier molecular flexibility index (Phi) is 5.08. The predicted octanol–water partition coefficient (Wildman–Crippen LogP) is 2.15. The number of carbonyl (C=O) groups is 1. The van der Waals surface area contributed by atoms with Crippen LogP contribution in [0, 0.1) is 0 Å². The summed E-state index contributed by atoms with van der Waals surface area (Å²) in [5, 5.41) is 7.61. The molecule has 0 aromatic carbocycles. The first kappa shape index (κ1) is 15.3. The van der Waals surface area contributed by atoms with Crippen molar-refractivity contribution in [3.05, 3.63) is 0 Å². The Bertz CT molecular complexity index is 336. The van der Waals surface area contributed by atoms with Crippen molar-refractivity contribution in [2.24, 2.45) is 4.99 Å². The van der Waals surface area contributed by atoms with Crippen molar-refractivity contribution >= 4 is 22.8 Å². The summed E-state index contributed by atoms with van der Waals surface area (Å²) in [5.41, 5.74) is -0.199. The van der Waals surface area contributed by atoms with Gasteiger partial charge in [0.15, 0.2) is 5.17 Å². The van der Waals surface area contributed by atoms with E-state index in [9.17, 15) is 4.79 Å². The van der Waals surface area contributed by atoms with Crippen molar-refractivity contribution in [3.63, 3.8) is 0 Å². The molecule has 1 amide bonds. The lowest BCUT2D eigenvalue weighted by Crippen LogP contribution is -2.51. The minimum Gasteiger partial charge on any atom is -0.353 e. The van der Waals surface area contributed by atoms with Crippen molar-refractivity contribution < 1.29 is 4.79 Å². The number of thioether (sulfide) groups is 1. The lowest BCUT2D eigenvalue weighted by atomic mass is 10.1. The third-order valence-electron chi connectivity index (χ3n) is 2.55. The minimum absolute atomic E-state index is 0.0108. The number of aliphatic imine (C=N–C) groups is 1. The predicted molar refractivity (Wildman–Crippen MR) is 79.1 cm³/mol. The number of hydrogen-bond acceptors (Lipinski definition) is 4. The number of amides is 1. The molecule has 1 heterocycles. The summed E-state index contributed by atoms with van der Waals surface area (Å²) in [6, 6.07) is 0.0783. The Morgan fingerprint density at radius 2 is 2.06 bits per heavy atom. The van der Waals surface area contributed by atoms with Crippen LogP contribution in [0.2, 0.25) is 0 Å². The Balaban J connectivity index is 2.54. The van der Waals surface area contributed by atoms with E-state index in [0.29, 0.717) is 11.3 Å². The van der Waals surface area contributed by atoms with Gasteiger partial charge in [-0.15, -0.1) is 0 Å². The van der Waals surface area contributed by atoms with Crippen LogP contribution in [0.4, 0.5) is 0 Å². The summed E-state index contributed by atoms with van der Waals surface area (Å²) < 4.78 is 0. The van der Waals surface area contributed by atoms with Crippen LogP contribution in [0.5, 0.6) is 0 Å². The third-order valence-corrected chi connectivity index (χ3v) is 3.60. The number of hydrogen-bond donors (Lipinski definition) is 2. The molecule has 0 fully saturated rings. The molecule has 3 unspecified atom stereocenters. The Morgan fingerprint density at radius 3 is 2.56 bits per heavy atom. The van der Waals surface area contributed by atoms with E-state index in [1.807, 2.05) is 27.7 Å². The maximum Gasteiger partial charge on any atom is 0.242 e. The van der Waals surface area contributed by atoms with Gasteiger partial charge in [-0.3, -0.25) is 9.79 Å². The van der Waals surface area contributed by atoms with Gasteiger partial charge in [0.25, 0.3) is 0 Å². The first-order chi connectivity index (χ1) is 8.17. The van der Waals surface area contributed by atoms with E-state index >= 15 is 0 Å². The molecule has 0 radical (unpaired) electrons. The van der Waals surface area contributed by atoms with Crippen LogP contribution in [0.25, 0.3) is 0 Å². The topological polar surface area (TPSA) is 53.5 Å². The molecule has 3 atom stereocenters. The second kappa shape index (κ2) is 5.95. The Morgan fingerprint density at radius 1 is 1.44 bits per heavy atom. The van der Waals surface area contributed by atoms with E-state index in [0.717, 1.165) is 11.6 Å². The highest BCUT2D eigenvalue weighted by atomic mass is 32.2. The van der Waals surface area contributed by atoms with Crippen LogP contribution < -0.4 is 10.6 Å². The molecule has 0 spiro atoms. The van der Waals surface area contributed by atoms with Gasteiger partial charge < -0.3 is 10.6 Å². The van der Waals surface area contributed by atoms with Gasteiger partial charge in [-0.05, 0) is 41.0 Å². The zero-order valence-electron chi connectivity index (χ0n) is 12.2. The van der Waals surface area contributed by atoms with E-state index in [-0.39, 0.29) is 17.5 Å². The molecule has 18 heavy (non-hydrogen) atoms. The van der Waals surface area contributed by atoms with Gasteiger partial charge in [-0.25, -0.2) is 0 Å². The highest BCUT2D eigenvalue weighted by molar-refractivity contribution is 8.14. The second-order valence-corrected chi connectivity index (χ2v) is 7.48. The molecule has 0 saturated carbocycles. The highest BCUT2D eigenvalue weighted by Gasteiger charge is 2.23. The molecule has 1 aliphatic heterocycles. The fourth-order valence-corrected chi connectivity index (χ4v) is 3.04. The summed E-state index contributed by atoms with van der Waals surface area (Å²) in [6.45, 7) is 12.1. The molecule has 0 saturated heterocycles. The Labute approximate surface area is 114 Å². The van der Waals surface area contributed by atoms with Gasteiger partial charge >= 0.3 is 0 Å². The molecule has 0 bridgehead atoms. The molecule has 5 heteroatoms. The first-order valence-electron chi connectivity index (χ1n) is 6.50. The fourth-order valence-electron chi connectivity index (χ4n) is 1.80. The molecule has 2 N–H and O–H groups in total. The maximum absolute atomic E-state index is 12.0. The van der Waals surface area contributed by atoms with E-state index < -0.39 is 0 Å². The molecular weight excluding hydrogens is 246 g/mol. The number of nitrogens with zero attached hydrogens (tertiary/aromatic N) is 1. The minimum atomic E-state index is -0.257. The molecule has 104 valence electrons. The van der Waals surface area contributed by atoms with Crippen LogP contribution in [-0.2, 0) is 4.79 Å². The SMILES string of the molecule is CC1CC(C)SC(NC(C)C(=O)NC(C)(C)C)=N1. The van der Waals surface area contributed by atoms with Crippen molar-refractivity contribution in [3.8, 4) is 0 Å². The smallest absolute Gasteiger partial charge is 0.242 e. The number of carbonyl (C=O) groups excluding carboxylic acids is 1. The monoisotopic (exact) mass is 271 g/mol. The molecular formula is C13H25N3OS. The van der Waals surface area contributed by atoms with Gasteiger partial charge in [0, 0.05) is 10.8 Å². The lowest BCUT2D eigenvalue weighted by Gasteiger charge is -2.27. The van der Waals surface area contributed by atoms with Crippen molar-refractivity contribution in [1.29, 1.82) is 0 Å². The summed E-state index contributed by atoms with van der Waals surface area (Å²) in [4.78, 5) is 16.5. The molecule has 1 aliphatic rings. The molecule has 4 nitrogen and oxygen atoms in total. The fraction of sp³-hybridized carbons (Fsp3) is 0.846. The van der Waals surface area contributed by atoms with Crippen molar-refractivity contribution in [2.75, 3.05) is 0 Å². The lowest BCUT2D eigenvalue weighted by molar-refractivity contribution is -0.123. The molecule has 1 rings (SSSR count). The second-order valence-electron chi connectivity index (χ2n) is 6.05. The third kappa shape index (κ3) is 5.29. The number of nitrogens with one attached hydrogen (secondary N) is 2. The maximum atomic E-state index is 12.0. The Hall–Kier alpha value is -0.710. The van der Waals surface area contributed by atoms with Crippen LogP contribution in [0.1, 0.15) is 48.0 Å². The molecule has 0 aliphatic carbocycles.